The molecular formula is C29H29BrFN7O2. The molecule has 11 heteroatoms. The lowest BCUT2D eigenvalue weighted by atomic mass is 9.85. The van der Waals surface area contributed by atoms with Gasteiger partial charge in [-0.1, -0.05) is 6.07 Å². The molecule has 0 bridgehead atoms. The van der Waals surface area contributed by atoms with E-state index in [1.165, 1.54) is 6.07 Å². The highest BCUT2D eigenvalue weighted by Gasteiger charge is 2.51. The van der Waals surface area contributed by atoms with Gasteiger partial charge in [0.15, 0.2) is 11.5 Å². The number of amides is 2. The fourth-order valence-electron chi connectivity index (χ4n) is 6.87. The Labute approximate surface area is 238 Å². The molecule has 1 unspecified atom stereocenters. The highest BCUT2D eigenvalue weighted by Crippen LogP contribution is 2.42. The minimum atomic E-state index is -0.419. The summed E-state index contributed by atoms with van der Waals surface area (Å²) in [4.78, 5) is 43.4. The molecule has 1 aromatic carbocycles. The Morgan fingerprint density at radius 1 is 1.20 bits per heavy atom. The first-order chi connectivity index (χ1) is 19.3. The van der Waals surface area contributed by atoms with Gasteiger partial charge in [0.05, 0.1) is 16.5 Å². The number of carbonyl (C=O) groups is 2. The van der Waals surface area contributed by atoms with Crippen LogP contribution in [0.15, 0.2) is 41.3 Å². The molecule has 2 amide bonds. The van der Waals surface area contributed by atoms with E-state index in [2.05, 4.69) is 31.0 Å². The Morgan fingerprint density at radius 3 is 2.88 bits per heavy atom. The van der Waals surface area contributed by atoms with Gasteiger partial charge in [-0.3, -0.25) is 14.6 Å². The summed E-state index contributed by atoms with van der Waals surface area (Å²) in [6.45, 7) is 2.00. The molecule has 4 aromatic rings. The van der Waals surface area contributed by atoms with Crippen molar-refractivity contribution in [1.29, 1.82) is 0 Å². The van der Waals surface area contributed by atoms with E-state index < -0.39 is 5.82 Å². The number of benzene rings is 1. The maximum atomic E-state index is 14.8. The number of halogens is 2. The second kappa shape index (κ2) is 9.57. The number of rotatable bonds is 4. The number of carbonyl (C=O) groups excluding carboxylic acids is 2. The van der Waals surface area contributed by atoms with Crippen LogP contribution in [0.25, 0.3) is 27.6 Å². The third kappa shape index (κ3) is 4.17. The smallest absolute Gasteiger partial charge is 0.230 e. The summed E-state index contributed by atoms with van der Waals surface area (Å²) in [5.74, 6) is 0.915. The van der Waals surface area contributed by atoms with E-state index in [0.717, 1.165) is 44.0 Å². The maximum Gasteiger partial charge on any atom is 0.230 e. The van der Waals surface area contributed by atoms with Gasteiger partial charge in [-0.15, -0.1) is 0 Å². The zero-order valence-electron chi connectivity index (χ0n) is 22.2. The first-order valence-electron chi connectivity index (χ1n) is 13.8. The summed E-state index contributed by atoms with van der Waals surface area (Å²) in [6, 6.07) is 6.86. The lowest BCUT2D eigenvalue weighted by Gasteiger charge is -2.24. The number of fused-ring (bicyclic) bond motifs is 2. The molecule has 3 aliphatic rings. The molecule has 206 valence electrons. The zero-order chi connectivity index (χ0) is 27.6. The summed E-state index contributed by atoms with van der Waals surface area (Å²) in [7, 11) is 1.85. The number of likely N-dealkylation sites (tertiary alicyclic amines) is 2. The number of hydrogen-bond donors (Lipinski definition) is 0. The second-order valence-corrected chi connectivity index (χ2v) is 12.3. The van der Waals surface area contributed by atoms with E-state index in [9.17, 15) is 14.0 Å². The van der Waals surface area contributed by atoms with Gasteiger partial charge >= 0.3 is 0 Å². The van der Waals surface area contributed by atoms with Gasteiger partial charge in [-0.25, -0.2) is 19.0 Å². The van der Waals surface area contributed by atoms with Crippen molar-refractivity contribution in [2.45, 2.75) is 38.5 Å². The molecule has 0 N–H and O–H groups in total. The molecule has 1 saturated carbocycles. The van der Waals surface area contributed by atoms with E-state index in [1.54, 1.807) is 28.0 Å². The predicted octanol–water partition coefficient (Wildman–Crippen LogP) is 4.30. The Balaban J connectivity index is 1.08. The minimum absolute atomic E-state index is 0.0213. The molecule has 2 aliphatic heterocycles. The lowest BCUT2D eigenvalue weighted by Crippen LogP contribution is -2.39. The van der Waals surface area contributed by atoms with Crippen LogP contribution in [0.5, 0.6) is 0 Å². The van der Waals surface area contributed by atoms with Crippen LogP contribution in [-0.2, 0) is 16.0 Å². The van der Waals surface area contributed by atoms with Crippen molar-refractivity contribution >= 4 is 49.7 Å². The number of nitrogens with zero attached hydrogens (tertiary/aromatic N) is 7. The average Bonchev–Trinajstić information content (AvgIpc) is 3.73. The molecule has 1 aliphatic carbocycles. The van der Waals surface area contributed by atoms with Crippen molar-refractivity contribution in [3.05, 3.63) is 52.9 Å². The Bertz CT molecular complexity index is 1680. The molecular weight excluding hydrogens is 577 g/mol. The van der Waals surface area contributed by atoms with Crippen LogP contribution in [0.4, 0.5) is 4.39 Å². The van der Waals surface area contributed by atoms with Crippen LogP contribution in [0.1, 0.15) is 37.9 Å². The molecule has 9 nitrogen and oxygen atoms in total. The topological polar surface area (TPSA) is 97.1 Å². The third-order valence-electron chi connectivity index (χ3n) is 9.07. The van der Waals surface area contributed by atoms with Crippen molar-refractivity contribution in [2.24, 2.45) is 17.3 Å². The monoisotopic (exact) mass is 605 g/mol. The number of hydrogen-bond acceptors (Lipinski definition) is 6. The van der Waals surface area contributed by atoms with Crippen molar-refractivity contribution in [1.82, 2.24) is 34.5 Å². The quantitative estimate of drug-likeness (QED) is 0.344. The second-order valence-electron chi connectivity index (χ2n) is 11.6. The zero-order valence-corrected chi connectivity index (χ0v) is 23.8. The molecule has 0 radical (unpaired) electrons. The average molecular weight is 606 g/mol. The van der Waals surface area contributed by atoms with Gasteiger partial charge < -0.3 is 9.80 Å². The van der Waals surface area contributed by atoms with Crippen molar-refractivity contribution in [3.8, 4) is 5.69 Å². The molecule has 7 rings (SSSR count). The molecule has 3 aromatic heterocycles. The maximum absolute atomic E-state index is 14.8. The van der Waals surface area contributed by atoms with E-state index in [-0.39, 0.29) is 23.1 Å². The Hall–Kier alpha value is -3.47. The highest BCUT2D eigenvalue weighted by molar-refractivity contribution is 9.10. The Kier molecular flexibility index (Phi) is 6.10. The van der Waals surface area contributed by atoms with Crippen LogP contribution in [0.2, 0.25) is 0 Å². The van der Waals surface area contributed by atoms with E-state index in [4.69, 9.17) is 4.98 Å². The first kappa shape index (κ1) is 25.5. The van der Waals surface area contributed by atoms with E-state index >= 15 is 0 Å². The van der Waals surface area contributed by atoms with Crippen LogP contribution < -0.4 is 0 Å². The molecule has 1 spiro atoms. The normalized spacial score (nSPS) is 24.8. The van der Waals surface area contributed by atoms with Crippen molar-refractivity contribution < 1.29 is 14.0 Å². The minimum Gasteiger partial charge on any atom is -0.345 e. The van der Waals surface area contributed by atoms with Crippen LogP contribution in [0.3, 0.4) is 0 Å². The van der Waals surface area contributed by atoms with Crippen LogP contribution >= 0.6 is 15.9 Å². The highest BCUT2D eigenvalue weighted by atomic mass is 79.9. The van der Waals surface area contributed by atoms with Crippen molar-refractivity contribution in [2.75, 3.05) is 26.7 Å². The number of pyridine rings is 1. The van der Waals surface area contributed by atoms with Crippen molar-refractivity contribution in [3.63, 3.8) is 0 Å². The molecule has 2 saturated heterocycles. The molecule has 3 atom stereocenters. The van der Waals surface area contributed by atoms with Gasteiger partial charge in [-0.2, -0.15) is 5.10 Å². The summed E-state index contributed by atoms with van der Waals surface area (Å²) >= 11 is 3.50. The fourth-order valence-corrected chi connectivity index (χ4v) is 7.31. The first-order valence-corrected chi connectivity index (χ1v) is 14.6. The third-order valence-corrected chi connectivity index (χ3v) is 9.66. The van der Waals surface area contributed by atoms with Gasteiger partial charge in [0.2, 0.25) is 11.8 Å². The summed E-state index contributed by atoms with van der Waals surface area (Å²) in [5.41, 5.74) is 1.10. The Morgan fingerprint density at radius 2 is 2.05 bits per heavy atom. The SMILES string of the molecule is CN1CCC2(CCN(C(=O)[C@@H]3CC[C@@H](Cc4ncc5c(Br)nn(-c6cc(F)c7ncccc7c6)c5n4)C3)C2)C1=O. The largest absolute Gasteiger partial charge is 0.345 e. The summed E-state index contributed by atoms with van der Waals surface area (Å²) in [6.07, 6.45) is 8.17. The summed E-state index contributed by atoms with van der Waals surface area (Å²) in [5, 5.41) is 5.99. The molecule has 5 heterocycles. The standard InChI is InChI=1S/C29H29BrFN7O2/c1-36-9-6-29(28(36)40)7-10-37(16-29)27(39)19-5-4-17(11-19)12-23-33-15-21-25(30)35-38(26(21)34-23)20-13-18-3-2-8-32-24(18)22(31)14-20/h2-3,8,13-15,17,19H,4-7,9-12,16H2,1H3/t17-,19-,29?/m1/s1. The van der Waals surface area contributed by atoms with Gasteiger partial charge in [0, 0.05) is 62.9 Å². The van der Waals surface area contributed by atoms with Crippen LogP contribution in [-0.4, -0.2) is 73.0 Å². The summed E-state index contributed by atoms with van der Waals surface area (Å²) < 4.78 is 17.0. The predicted molar refractivity (Wildman–Crippen MR) is 150 cm³/mol. The van der Waals surface area contributed by atoms with Gasteiger partial charge in [0.25, 0.3) is 0 Å². The van der Waals surface area contributed by atoms with Gasteiger partial charge in [-0.05, 0) is 66.1 Å². The van der Waals surface area contributed by atoms with E-state index in [1.807, 2.05) is 24.1 Å². The fraction of sp³-hybridized carbons (Fsp3) is 0.448. The number of aromatic nitrogens is 5. The van der Waals surface area contributed by atoms with Crippen LogP contribution in [0, 0.1) is 23.1 Å². The van der Waals surface area contributed by atoms with E-state index in [0.29, 0.717) is 58.1 Å². The molecule has 40 heavy (non-hydrogen) atoms. The van der Waals surface area contributed by atoms with Gasteiger partial charge in [0.1, 0.15) is 15.9 Å². The lowest BCUT2D eigenvalue weighted by molar-refractivity contribution is -0.137. The molecule has 3 fully saturated rings.